The van der Waals surface area contributed by atoms with E-state index in [0.717, 1.165) is 17.0 Å². The zero-order chi connectivity index (χ0) is 21.1. The van der Waals surface area contributed by atoms with E-state index in [0.29, 0.717) is 28.3 Å². The SMILES string of the molecule is N=Cc1c(Oc2ccc3c(C(=O)Nc4ccc(F)cc4)cccc3c2)ccnc1N. The fourth-order valence-corrected chi connectivity index (χ4v) is 3.09. The molecule has 7 heteroatoms. The molecule has 6 nitrogen and oxygen atoms in total. The highest BCUT2D eigenvalue weighted by Crippen LogP contribution is 2.30. The Balaban J connectivity index is 1.64. The van der Waals surface area contributed by atoms with Gasteiger partial charge in [-0.05, 0) is 65.4 Å². The van der Waals surface area contributed by atoms with Crippen LogP contribution in [-0.2, 0) is 0 Å². The Kier molecular flexibility index (Phi) is 5.09. The van der Waals surface area contributed by atoms with E-state index in [1.807, 2.05) is 6.07 Å². The first kappa shape index (κ1) is 19.1. The minimum Gasteiger partial charge on any atom is -0.456 e. The molecule has 0 atom stereocenters. The normalized spacial score (nSPS) is 10.6. The molecule has 0 saturated heterocycles. The second kappa shape index (κ2) is 8.00. The van der Waals surface area contributed by atoms with E-state index in [-0.39, 0.29) is 17.5 Å². The average molecular weight is 400 g/mol. The lowest BCUT2D eigenvalue weighted by atomic mass is 10.0. The number of hydrogen-bond acceptors (Lipinski definition) is 5. The predicted molar refractivity (Wildman–Crippen MR) is 115 cm³/mol. The first-order valence-electron chi connectivity index (χ1n) is 9.07. The van der Waals surface area contributed by atoms with Crippen molar-refractivity contribution in [2.45, 2.75) is 0 Å². The molecule has 148 valence electrons. The lowest BCUT2D eigenvalue weighted by Gasteiger charge is -2.12. The second-order valence-corrected chi connectivity index (χ2v) is 6.50. The largest absolute Gasteiger partial charge is 0.456 e. The van der Waals surface area contributed by atoms with Crippen LogP contribution in [0, 0.1) is 11.2 Å². The molecule has 0 aliphatic carbocycles. The van der Waals surface area contributed by atoms with E-state index in [4.69, 9.17) is 15.9 Å². The first-order valence-corrected chi connectivity index (χ1v) is 9.07. The number of nitrogens with two attached hydrogens (primary N) is 1. The van der Waals surface area contributed by atoms with Crippen molar-refractivity contribution in [1.29, 1.82) is 5.41 Å². The van der Waals surface area contributed by atoms with E-state index in [9.17, 15) is 9.18 Å². The van der Waals surface area contributed by atoms with Gasteiger partial charge in [0.15, 0.2) is 0 Å². The lowest BCUT2D eigenvalue weighted by molar-refractivity contribution is 0.102. The average Bonchev–Trinajstić information content (AvgIpc) is 2.75. The Morgan fingerprint density at radius 3 is 2.67 bits per heavy atom. The molecular weight excluding hydrogens is 383 g/mol. The van der Waals surface area contributed by atoms with Crippen LogP contribution in [0.2, 0.25) is 0 Å². The third-order valence-corrected chi connectivity index (χ3v) is 4.55. The van der Waals surface area contributed by atoms with Crippen molar-refractivity contribution in [3.8, 4) is 11.5 Å². The summed E-state index contributed by atoms with van der Waals surface area (Å²) in [6.07, 6.45) is 2.60. The number of carbonyl (C=O) groups excluding carboxylic acids is 1. The van der Waals surface area contributed by atoms with Crippen molar-refractivity contribution in [2.75, 3.05) is 11.1 Å². The Bertz CT molecular complexity index is 1260. The Morgan fingerprint density at radius 1 is 1.10 bits per heavy atom. The molecule has 1 aromatic heterocycles. The molecule has 0 aliphatic rings. The predicted octanol–water partition coefficient (Wildman–Crippen LogP) is 5.00. The van der Waals surface area contributed by atoms with Crippen LogP contribution in [0.5, 0.6) is 11.5 Å². The van der Waals surface area contributed by atoms with Gasteiger partial charge in [0.2, 0.25) is 0 Å². The molecule has 0 radical (unpaired) electrons. The summed E-state index contributed by atoms with van der Waals surface area (Å²) < 4.78 is 19.0. The van der Waals surface area contributed by atoms with Crippen LogP contribution < -0.4 is 15.8 Å². The topological polar surface area (TPSA) is 101 Å². The van der Waals surface area contributed by atoms with Crippen LogP contribution in [0.25, 0.3) is 10.8 Å². The maximum atomic E-state index is 13.1. The van der Waals surface area contributed by atoms with E-state index < -0.39 is 0 Å². The second-order valence-electron chi connectivity index (χ2n) is 6.50. The van der Waals surface area contributed by atoms with E-state index in [1.165, 1.54) is 30.5 Å². The molecule has 1 amide bonds. The molecule has 0 aliphatic heterocycles. The van der Waals surface area contributed by atoms with Gasteiger partial charge in [-0.3, -0.25) is 4.79 Å². The number of ether oxygens (including phenoxy) is 1. The summed E-state index contributed by atoms with van der Waals surface area (Å²) in [4.78, 5) is 16.7. The number of carbonyl (C=O) groups is 1. The summed E-state index contributed by atoms with van der Waals surface area (Å²) in [5.74, 6) is 0.499. The smallest absolute Gasteiger partial charge is 0.256 e. The number of nitrogens with zero attached hydrogens (tertiary/aromatic N) is 1. The highest BCUT2D eigenvalue weighted by Gasteiger charge is 2.12. The van der Waals surface area contributed by atoms with E-state index in [2.05, 4.69) is 10.3 Å². The number of nitrogen functional groups attached to an aromatic ring is 1. The van der Waals surface area contributed by atoms with Crippen molar-refractivity contribution >= 4 is 34.4 Å². The third kappa shape index (κ3) is 3.81. The first-order chi connectivity index (χ1) is 14.5. The summed E-state index contributed by atoms with van der Waals surface area (Å²) in [5.41, 5.74) is 7.18. The molecule has 4 rings (SSSR count). The van der Waals surface area contributed by atoms with Gasteiger partial charge in [0.25, 0.3) is 5.91 Å². The summed E-state index contributed by atoms with van der Waals surface area (Å²) >= 11 is 0. The van der Waals surface area contributed by atoms with Crippen molar-refractivity contribution in [3.05, 3.63) is 89.9 Å². The molecule has 0 fully saturated rings. The van der Waals surface area contributed by atoms with E-state index in [1.54, 1.807) is 36.4 Å². The summed E-state index contributed by atoms with van der Waals surface area (Å²) in [5, 5.41) is 11.8. The molecule has 3 aromatic carbocycles. The van der Waals surface area contributed by atoms with Crippen LogP contribution in [-0.4, -0.2) is 17.1 Å². The number of halogens is 1. The molecule has 0 spiro atoms. The highest BCUT2D eigenvalue weighted by molar-refractivity contribution is 6.13. The molecular formula is C23H17FN4O2. The number of hydrogen-bond donors (Lipinski definition) is 3. The van der Waals surface area contributed by atoms with Crippen LogP contribution in [0.1, 0.15) is 15.9 Å². The zero-order valence-corrected chi connectivity index (χ0v) is 15.7. The van der Waals surface area contributed by atoms with Crippen molar-refractivity contribution in [3.63, 3.8) is 0 Å². The van der Waals surface area contributed by atoms with Gasteiger partial charge in [-0.25, -0.2) is 9.37 Å². The van der Waals surface area contributed by atoms with Crippen molar-refractivity contribution in [2.24, 2.45) is 0 Å². The summed E-state index contributed by atoms with van der Waals surface area (Å²) in [6, 6.07) is 17.9. The Hall–Kier alpha value is -4.26. The Labute approximate surface area is 171 Å². The molecule has 0 saturated carbocycles. The molecule has 30 heavy (non-hydrogen) atoms. The van der Waals surface area contributed by atoms with Gasteiger partial charge >= 0.3 is 0 Å². The number of nitrogens with one attached hydrogen (secondary N) is 2. The van der Waals surface area contributed by atoms with Gasteiger partial charge in [-0.15, -0.1) is 0 Å². The number of fused-ring (bicyclic) bond motifs is 1. The quantitative estimate of drug-likeness (QED) is 0.410. The number of benzene rings is 3. The van der Waals surface area contributed by atoms with Crippen LogP contribution in [0.3, 0.4) is 0 Å². The van der Waals surface area contributed by atoms with Crippen LogP contribution >= 0.6 is 0 Å². The minimum atomic E-state index is -0.368. The lowest BCUT2D eigenvalue weighted by Crippen LogP contribution is -2.12. The van der Waals surface area contributed by atoms with Gasteiger partial charge in [0, 0.05) is 23.7 Å². The van der Waals surface area contributed by atoms with Crippen LogP contribution in [0.15, 0.2) is 72.9 Å². The zero-order valence-electron chi connectivity index (χ0n) is 15.7. The van der Waals surface area contributed by atoms with Gasteiger partial charge < -0.3 is 21.2 Å². The standard InChI is InChI=1S/C23H17FN4O2/c24-15-4-6-16(7-5-15)28-23(29)19-3-1-2-14-12-17(8-9-18(14)19)30-21-10-11-27-22(26)20(21)13-25/h1-13,25H,(H2,26,27)(H,28,29). The highest BCUT2D eigenvalue weighted by atomic mass is 19.1. The monoisotopic (exact) mass is 400 g/mol. The van der Waals surface area contributed by atoms with Crippen molar-refractivity contribution < 1.29 is 13.9 Å². The number of amides is 1. The Morgan fingerprint density at radius 2 is 1.90 bits per heavy atom. The fraction of sp³-hybridized carbons (Fsp3) is 0. The molecule has 0 unspecified atom stereocenters. The third-order valence-electron chi connectivity index (χ3n) is 4.55. The molecule has 4 N–H and O–H groups in total. The van der Waals surface area contributed by atoms with Crippen molar-refractivity contribution in [1.82, 2.24) is 4.98 Å². The summed E-state index contributed by atoms with van der Waals surface area (Å²) in [6.45, 7) is 0. The number of aromatic nitrogens is 1. The van der Waals surface area contributed by atoms with Gasteiger partial charge in [-0.1, -0.05) is 12.1 Å². The van der Waals surface area contributed by atoms with E-state index >= 15 is 0 Å². The minimum absolute atomic E-state index is 0.211. The molecule has 0 bridgehead atoms. The van der Waals surface area contributed by atoms with Gasteiger partial charge in [0.05, 0.1) is 5.56 Å². The van der Waals surface area contributed by atoms with Crippen LogP contribution in [0.4, 0.5) is 15.9 Å². The number of pyridine rings is 1. The maximum absolute atomic E-state index is 13.1. The molecule has 4 aromatic rings. The molecule has 1 heterocycles. The van der Waals surface area contributed by atoms with Gasteiger partial charge in [0.1, 0.15) is 23.1 Å². The van der Waals surface area contributed by atoms with Gasteiger partial charge in [-0.2, -0.15) is 0 Å². The number of anilines is 2. The maximum Gasteiger partial charge on any atom is 0.256 e. The number of rotatable bonds is 5. The summed E-state index contributed by atoms with van der Waals surface area (Å²) in [7, 11) is 0. The fourth-order valence-electron chi connectivity index (χ4n) is 3.09.